The molecule has 2 amide bonds. The molecule has 3 aromatic rings. The van der Waals surface area contributed by atoms with Gasteiger partial charge in [-0.25, -0.2) is 4.79 Å². The van der Waals surface area contributed by atoms with Crippen LogP contribution in [-0.4, -0.2) is 73.0 Å². The molecule has 0 fully saturated rings. The van der Waals surface area contributed by atoms with Crippen molar-refractivity contribution >= 4 is 35.3 Å². The van der Waals surface area contributed by atoms with Crippen molar-refractivity contribution in [3.63, 3.8) is 0 Å². The molecule has 0 aromatic heterocycles. The van der Waals surface area contributed by atoms with Gasteiger partial charge in [0.1, 0.15) is 17.8 Å². The quantitative estimate of drug-likeness (QED) is 0.165. The predicted molar refractivity (Wildman–Crippen MR) is 198 cm³/mol. The molecule has 0 saturated carbocycles. The molecule has 51 heavy (non-hydrogen) atoms. The van der Waals surface area contributed by atoms with E-state index < -0.39 is 36.1 Å². The van der Waals surface area contributed by atoms with E-state index in [0.717, 1.165) is 12.8 Å². The van der Waals surface area contributed by atoms with E-state index >= 15 is 0 Å². The number of aliphatic carboxylic acids is 1. The highest BCUT2D eigenvalue weighted by atomic mass is 35.5. The number of methoxy groups -OCH3 is 1. The van der Waals surface area contributed by atoms with Crippen LogP contribution in [0.25, 0.3) is 0 Å². The predicted octanol–water partition coefficient (Wildman–Crippen LogP) is 8.33. The fourth-order valence-electron chi connectivity index (χ4n) is 5.99. The Balaban J connectivity index is 1.57. The van der Waals surface area contributed by atoms with Crippen LogP contribution in [0.2, 0.25) is 5.02 Å². The lowest BCUT2D eigenvalue weighted by molar-refractivity contribution is -0.147. The number of carboxylic acid groups (broad SMARTS) is 1. The maximum absolute atomic E-state index is 13.9. The highest BCUT2D eigenvalue weighted by Gasteiger charge is 2.40. The molecule has 4 rings (SSSR count). The minimum Gasteiger partial charge on any atom is -0.492 e. The molecule has 0 aliphatic carbocycles. The summed E-state index contributed by atoms with van der Waals surface area (Å²) in [5.41, 5.74) is 2.02. The third kappa shape index (κ3) is 11.4. The molecule has 0 saturated heterocycles. The van der Waals surface area contributed by atoms with Gasteiger partial charge >= 0.3 is 12.1 Å². The van der Waals surface area contributed by atoms with Crippen molar-refractivity contribution in [1.82, 2.24) is 4.90 Å². The van der Waals surface area contributed by atoms with E-state index in [9.17, 15) is 19.5 Å². The van der Waals surface area contributed by atoms with E-state index in [2.05, 4.69) is 12.1 Å². The molecule has 0 radical (unpaired) electrons. The lowest BCUT2D eigenvalue weighted by atomic mass is 9.94. The molecule has 1 aliphatic rings. The minimum atomic E-state index is -1.27. The summed E-state index contributed by atoms with van der Waals surface area (Å²) < 4.78 is 24.3. The number of benzene rings is 3. The SMILES string of the molecule is COc1c(OCCCN(CCCc2ccccc2)C(=O)OC(C)(C)C)cccc1C1OC(CC(=O)O)C(=O)N(CC(C)(C)C)c2ccc(Cl)cc21. The number of aryl methyl sites for hydroxylation is 1. The average Bonchev–Trinajstić information content (AvgIpc) is 3.14. The zero-order chi connectivity index (χ0) is 37.3. The number of carboxylic acids is 1. The maximum Gasteiger partial charge on any atom is 0.410 e. The van der Waals surface area contributed by atoms with E-state index in [1.807, 2.05) is 59.7 Å². The van der Waals surface area contributed by atoms with Gasteiger partial charge in [0.05, 0.1) is 20.1 Å². The molecular weight excluding hydrogens is 672 g/mol. The van der Waals surface area contributed by atoms with Gasteiger partial charge in [-0.2, -0.15) is 0 Å². The van der Waals surface area contributed by atoms with Gasteiger partial charge in [0.15, 0.2) is 11.5 Å². The van der Waals surface area contributed by atoms with Crippen LogP contribution in [0.5, 0.6) is 11.5 Å². The molecule has 1 heterocycles. The van der Waals surface area contributed by atoms with Crippen LogP contribution in [0.1, 0.15) is 83.6 Å². The molecule has 1 aliphatic heterocycles. The largest absolute Gasteiger partial charge is 0.492 e. The van der Waals surface area contributed by atoms with Gasteiger partial charge in [0.25, 0.3) is 5.91 Å². The monoisotopic (exact) mass is 722 g/mol. The number of anilines is 1. The topological polar surface area (TPSA) is 115 Å². The highest BCUT2D eigenvalue weighted by molar-refractivity contribution is 6.30. The number of rotatable bonds is 14. The second-order valence-electron chi connectivity index (χ2n) is 14.9. The number of fused-ring (bicyclic) bond motifs is 1. The Morgan fingerprint density at radius 3 is 2.29 bits per heavy atom. The number of carbonyl (C=O) groups is 3. The number of carbonyl (C=O) groups excluding carboxylic acids is 2. The van der Waals surface area contributed by atoms with E-state index in [1.54, 1.807) is 46.2 Å². The van der Waals surface area contributed by atoms with Crippen molar-refractivity contribution < 1.29 is 38.4 Å². The summed E-state index contributed by atoms with van der Waals surface area (Å²) in [5.74, 6) is -0.780. The maximum atomic E-state index is 13.9. The summed E-state index contributed by atoms with van der Waals surface area (Å²) in [4.78, 5) is 42.3. The Morgan fingerprint density at radius 1 is 0.941 bits per heavy atom. The first kappa shape index (κ1) is 39.5. The van der Waals surface area contributed by atoms with Crippen LogP contribution in [-0.2, 0) is 25.5 Å². The van der Waals surface area contributed by atoms with Gasteiger partial charge in [-0.15, -0.1) is 0 Å². The van der Waals surface area contributed by atoms with E-state index in [-0.39, 0.29) is 18.1 Å². The van der Waals surface area contributed by atoms with E-state index in [1.165, 1.54) is 12.7 Å². The molecule has 2 unspecified atom stereocenters. The molecule has 2 atom stereocenters. The Morgan fingerprint density at radius 2 is 1.65 bits per heavy atom. The summed E-state index contributed by atoms with van der Waals surface area (Å²) in [6.07, 6.45) is -0.915. The molecule has 0 bridgehead atoms. The third-order valence-corrected chi connectivity index (χ3v) is 8.35. The number of ether oxygens (including phenoxy) is 4. The van der Waals surface area contributed by atoms with Crippen molar-refractivity contribution in [2.24, 2.45) is 5.41 Å². The zero-order valence-electron chi connectivity index (χ0n) is 30.7. The van der Waals surface area contributed by atoms with Gasteiger partial charge in [0, 0.05) is 41.5 Å². The molecule has 276 valence electrons. The molecule has 3 aromatic carbocycles. The number of amides is 2. The normalized spacial score (nSPS) is 16.2. The summed E-state index contributed by atoms with van der Waals surface area (Å²) in [6, 6.07) is 20.7. The standard InChI is InChI=1S/C40H51ClN2O8/c1-39(2,3)26-43-31-20-19-28(41)24-30(31)35(50-33(37(43)46)25-34(44)45)29-17-11-18-32(36(29)48-7)49-23-13-22-42(38(47)51-40(4,5)6)21-12-16-27-14-9-8-10-15-27/h8-11,14-15,17-20,24,33,35H,12-13,16,21-23,25-26H2,1-7H3,(H,44,45). The second-order valence-corrected chi connectivity index (χ2v) is 15.4. The van der Waals surface area contributed by atoms with Crippen LogP contribution in [0, 0.1) is 5.41 Å². The first-order valence-electron chi connectivity index (χ1n) is 17.4. The Labute approximate surface area is 306 Å². The van der Waals surface area contributed by atoms with Gasteiger partial charge in [0.2, 0.25) is 0 Å². The first-order chi connectivity index (χ1) is 24.1. The summed E-state index contributed by atoms with van der Waals surface area (Å²) in [7, 11) is 1.52. The van der Waals surface area contributed by atoms with Gasteiger partial charge in [-0.3, -0.25) is 9.59 Å². The molecule has 0 spiro atoms. The Bertz CT molecular complexity index is 1650. The number of para-hydroxylation sites is 1. The zero-order valence-corrected chi connectivity index (χ0v) is 31.5. The van der Waals surface area contributed by atoms with Gasteiger partial charge in [-0.1, -0.05) is 74.8 Å². The van der Waals surface area contributed by atoms with Crippen LogP contribution >= 0.6 is 11.6 Å². The fraction of sp³-hybridized carbons (Fsp3) is 0.475. The number of nitrogens with zero attached hydrogens (tertiary/aromatic N) is 2. The van der Waals surface area contributed by atoms with Crippen molar-refractivity contribution in [3.8, 4) is 11.5 Å². The number of hydrogen-bond donors (Lipinski definition) is 1. The molecule has 10 nitrogen and oxygen atoms in total. The third-order valence-electron chi connectivity index (χ3n) is 8.11. The van der Waals surface area contributed by atoms with Crippen LogP contribution in [0.15, 0.2) is 66.7 Å². The lowest BCUT2D eigenvalue weighted by Crippen LogP contribution is -2.44. The molecule has 1 N–H and O–H groups in total. The first-order valence-corrected chi connectivity index (χ1v) is 17.7. The average molecular weight is 723 g/mol. The van der Waals surface area contributed by atoms with Crippen molar-refractivity contribution in [1.29, 1.82) is 0 Å². The molecular formula is C40H51ClN2O8. The fourth-order valence-corrected chi connectivity index (χ4v) is 6.17. The van der Waals surface area contributed by atoms with Gasteiger partial charge < -0.3 is 33.9 Å². The van der Waals surface area contributed by atoms with Crippen LogP contribution in [0.4, 0.5) is 10.5 Å². The van der Waals surface area contributed by atoms with Crippen LogP contribution in [0.3, 0.4) is 0 Å². The summed E-state index contributed by atoms with van der Waals surface area (Å²) >= 11 is 6.51. The molecule has 11 heteroatoms. The number of hydrogen-bond acceptors (Lipinski definition) is 7. The van der Waals surface area contributed by atoms with Gasteiger partial charge in [-0.05, 0) is 75.3 Å². The van der Waals surface area contributed by atoms with Crippen molar-refractivity contribution in [3.05, 3.63) is 88.4 Å². The van der Waals surface area contributed by atoms with E-state index in [0.29, 0.717) is 59.4 Å². The van der Waals surface area contributed by atoms with Crippen LogP contribution < -0.4 is 14.4 Å². The number of halogens is 1. The highest BCUT2D eigenvalue weighted by Crippen LogP contribution is 2.45. The summed E-state index contributed by atoms with van der Waals surface area (Å²) in [6.45, 7) is 13.1. The summed E-state index contributed by atoms with van der Waals surface area (Å²) in [5, 5.41) is 10.2. The second kappa shape index (κ2) is 17.3. The van der Waals surface area contributed by atoms with Crippen molar-refractivity contribution in [2.75, 3.05) is 38.3 Å². The van der Waals surface area contributed by atoms with E-state index in [4.69, 9.17) is 30.5 Å². The smallest absolute Gasteiger partial charge is 0.410 e. The Hall–Kier alpha value is -4.28. The minimum absolute atomic E-state index is 0.269. The van der Waals surface area contributed by atoms with Crippen molar-refractivity contribution in [2.45, 2.75) is 85.0 Å². The Kier molecular flexibility index (Phi) is 13.4. The lowest BCUT2D eigenvalue weighted by Gasteiger charge is -2.31.